The number of carbonyl (C=O) groups excluding carboxylic acids is 1. The Hall–Kier alpha value is -3.09. The molecule has 6 nitrogen and oxygen atoms in total. The van der Waals surface area contributed by atoms with Crippen LogP contribution >= 0.6 is 23.2 Å². The summed E-state index contributed by atoms with van der Waals surface area (Å²) in [6, 6.07) is 13.9. The molecular formula is C23H21Cl2N3O3. The molecule has 2 heterocycles. The zero-order valence-corrected chi connectivity index (χ0v) is 18.7. The van der Waals surface area contributed by atoms with Gasteiger partial charge in [-0.1, -0.05) is 43.1 Å². The monoisotopic (exact) mass is 457 g/mol. The van der Waals surface area contributed by atoms with E-state index in [1.165, 1.54) is 0 Å². The van der Waals surface area contributed by atoms with Crippen molar-refractivity contribution in [3.05, 3.63) is 71.0 Å². The van der Waals surface area contributed by atoms with Gasteiger partial charge < -0.3 is 14.5 Å². The predicted octanol–water partition coefficient (Wildman–Crippen LogP) is 6.63. The van der Waals surface area contributed by atoms with Crippen LogP contribution < -0.4 is 10.1 Å². The first-order valence-corrected chi connectivity index (χ1v) is 10.5. The molecule has 1 amide bonds. The van der Waals surface area contributed by atoms with Gasteiger partial charge in [-0.25, -0.2) is 4.98 Å². The molecule has 1 atom stereocenters. The number of benzene rings is 2. The first-order chi connectivity index (χ1) is 15.0. The summed E-state index contributed by atoms with van der Waals surface area (Å²) in [5, 5.41) is 3.42. The third kappa shape index (κ3) is 5.34. The minimum atomic E-state index is -0.788. The van der Waals surface area contributed by atoms with Gasteiger partial charge in [-0.05, 0) is 43.3 Å². The van der Waals surface area contributed by atoms with Crippen molar-refractivity contribution < 1.29 is 13.9 Å². The standard InChI is InChI=1S/C21H15Cl2N3O3.C2H6/c1-12(28-17-4-2-3-15(22)19(17)23)20(27)25-14-5-6-16-18(11-14)29-21(26-16)13-7-9-24-10-8-13;1-2/h2-12H,1H3,(H,25,27);1-2H3. The summed E-state index contributed by atoms with van der Waals surface area (Å²) in [6.45, 7) is 5.63. The molecule has 1 unspecified atom stereocenters. The molecule has 0 fully saturated rings. The fourth-order valence-corrected chi connectivity index (χ4v) is 3.02. The number of anilines is 1. The number of carbonyl (C=O) groups is 1. The van der Waals surface area contributed by atoms with Crippen molar-refractivity contribution >= 4 is 45.9 Å². The Morgan fingerprint density at radius 1 is 1.10 bits per heavy atom. The van der Waals surface area contributed by atoms with Gasteiger partial charge >= 0.3 is 0 Å². The summed E-state index contributed by atoms with van der Waals surface area (Å²) >= 11 is 12.1. The van der Waals surface area contributed by atoms with E-state index in [0.717, 1.165) is 5.56 Å². The van der Waals surface area contributed by atoms with Gasteiger partial charge in [0.2, 0.25) is 5.89 Å². The lowest BCUT2D eigenvalue weighted by molar-refractivity contribution is -0.122. The summed E-state index contributed by atoms with van der Waals surface area (Å²) in [5.74, 6) is 0.488. The van der Waals surface area contributed by atoms with Gasteiger partial charge in [-0.15, -0.1) is 0 Å². The molecule has 0 aliphatic rings. The highest BCUT2D eigenvalue weighted by Crippen LogP contribution is 2.32. The van der Waals surface area contributed by atoms with E-state index in [2.05, 4.69) is 15.3 Å². The van der Waals surface area contributed by atoms with E-state index >= 15 is 0 Å². The van der Waals surface area contributed by atoms with Crippen molar-refractivity contribution in [3.8, 4) is 17.2 Å². The lowest BCUT2D eigenvalue weighted by Crippen LogP contribution is -2.30. The molecule has 4 rings (SSSR count). The fourth-order valence-electron chi connectivity index (χ4n) is 2.68. The third-order valence-corrected chi connectivity index (χ3v) is 4.97. The van der Waals surface area contributed by atoms with Gasteiger partial charge in [-0.2, -0.15) is 0 Å². The van der Waals surface area contributed by atoms with E-state index in [-0.39, 0.29) is 10.9 Å². The van der Waals surface area contributed by atoms with Gasteiger partial charge in [0, 0.05) is 29.7 Å². The summed E-state index contributed by atoms with van der Waals surface area (Å²) < 4.78 is 11.4. The molecule has 31 heavy (non-hydrogen) atoms. The van der Waals surface area contributed by atoms with Gasteiger partial charge in [-0.3, -0.25) is 9.78 Å². The molecule has 0 aliphatic carbocycles. The van der Waals surface area contributed by atoms with E-state index < -0.39 is 6.10 Å². The quantitative estimate of drug-likeness (QED) is 0.363. The number of rotatable bonds is 5. The summed E-state index contributed by atoms with van der Waals surface area (Å²) in [6.07, 6.45) is 2.55. The summed E-state index contributed by atoms with van der Waals surface area (Å²) in [4.78, 5) is 20.9. The Morgan fingerprint density at radius 2 is 1.84 bits per heavy atom. The highest BCUT2D eigenvalue weighted by atomic mass is 35.5. The van der Waals surface area contributed by atoms with E-state index in [9.17, 15) is 4.79 Å². The number of hydrogen-bond donors (Lipinski definition) is 1. The number of halogens is 2. The highest BCUT2D eigenvalue weighted by molar-refractivity contribution is 6.42. The maximum Gasteiger partial charge on any atom is 0.265 e. The molecule has 0 saturated carbocycles. The maximum atomic E-state index is 12.5. The Labute approximate surface area is 190 Å². The Bertz CT molecular complexity index is 1180. The molecule has 2 aromatic carbocycles. The second kappa shape index (κ2) is 10.3. The summed E-state index contributed by atoms with van der Waals surface area (Å²) in [7, 11) is 0. The highest BCUT2D eigenvalue weighted by Gasteiger charge is 2.18. The van der Waals surface area contributed by atoms with Crippen molar-refractivity contribution in [1.29, 1.82) is 0 Å². The van der Waals surface area contributed by atoms with Crippen LogP contribution in [0, 0.1) is 0 Å². The van der Waals surface area contributed by atoms with Crippen molar-refractivity contribution in [1.82, 2.24) is 9.97 Å². The zero-order chi connectivity index (χ0) is 22.4. The second-order valence-electron chi connectivity index (χ2n) is 6.24. The molecule has 0 radical (unpaired) electrons. The number of amides is 1. The number of ether oxygens (including phenoxy) is 1. The summed E-state index contributed by atoms with van der Waals surface area (Å²) in [5.41, 5.74) is 2.63. The molecule has 0 spiro atoms. The SMILES string of the molecule is CC.CC(Oc1cccc(Cl)c1Cl)C(=O)Nc1ccc2nc(-c3ccncc3)oc2c1. The van der Waals surface area contributed by atoms with Crippen LogP contribution in [0.4, 0.5) is 5.69 Å². The van der Waals surface area contributed by atoms with Crippen molar-refractivity contribution in [3.63, 3.8) is 0 Å². The molecule has 0 bridgehead atoms. The van der Waals surface area contributed by atoms with Crippen molar-refractivity contribution in [2.24, 2.45) is 0 Å². The van der Waals surface area contributed by atoms with Crippen molar-refractivity contribution in [2.75, 3.05) is 5.32 Å². The molecule has 160 valence electrons. The van der Waals surface area contributed by atoms with Crippen LogP contribution in [0.15, 0.2) is 65.3 Å². The molecule has 2 aromatic heterocycles. The van der Waals surface area contributed by atoms with E-state index in [1.54, 1.807) is 55.7 Å². The van der Waals surface area contributed by atoms with Gasteiger partial charge in [0.05, 0.1) is 5.02 Å². The zero-order valence-electron chi connectivity index (χ0n) is 17.2. The number of nitrogens with one attached hydrogen (secondary N) is 1. The Morgan fingerprint density at radius 3 is 2.58 bits per heavy atom. The lowest BCUT2D eigenvalue weighted by atomic mass is 10.2. The molecule has 0 aliphatic heterocycles. The minimum absolute atomic E-state index is 0.264. The largest absolute Gasteiger partial charge is 0.479 e. The smallest absolute Gasteiger partial charge is 0.265 e. The van der Waals surface area contributed by atoms with Gasteiger partial charge in [0.15, 0.2) is 11.7 Å². The minimum Gasteiger partial charge on any atom is -0.479 e. The van der Waals surface area contributed by atoms with E-state index in [4.69, 9.17) is 32.4 Å². The third-order valence-electron chi connectivity index (χ3n) is 4.17. The fraction of sp³-hybridized carbons (Fsp3) is 0.174. The first kappa shape index (κ1) is 22.6. The number of aromatic nitrogens is 2. The Balaban J connectivity index is 0.00000132. The van der Waals surface area contributed by atoms with E-state index in [0.29, 0.717) is 33.4 Å². The first-order valence-electron chi connectivity index (χ1n) is 9.74. The van der Waals surface area contributed by atoms with Crippen LogP contribution in [0.2, 0.25) is 10.0 Å². The van der Waals surface area contributed by atoms with Crippen molar-refractivity contribution in [2.45, 2.75) is 26.9 Å². The van der Waals surface area contributed by atoms with Gasteiger partial charge in [0.25, 0.3) is 5.91 Å². The van der Waals surface area contributed by atoms with Gasteiger partial charge in [0.1, 0.15) is 16.3 Å². The van der Waals surface area contributed by atoms with Crippen LogP contribution in [0.3, 0.4) is 0 Å². The van der Waals surface area contributed by atoms with Crippen LogP contribution in [-0.2, 0) is 4.79 Å². The second-order valence-corrected chi connectivity index (χ2v) is 7.02. The predicted molar refractivity (Wildman–Crippen MR) is 124 cm³/mol. The topological polar surface area (TPSA) is 77.2 Å². The molecule has 4 aromatic rings. The van der Waals surface area contributed by atoms with Crippen LogP contribution in [0.5, 0.6) is 5.75 Å². The molecule has 8 heteroatoms. The number of pyridine rings is 1. The molecule has 1 N–H and O–H groups in total. The average Bonchev–Trinajstić information content (AvgIpc) is 3.22. The normalized spacial score (nSPS) is 11.4. The van der Waals surface area contributed by atoms with Crippen LogP contribution in [-0.4, -0.2) is 22.0 Å². The number of nitrogens with zero attached hydrogens (tertiary/aromatic N) is 2. The van der Waals surface area contributed by atoms with Crippen LogP contribution in [0.25, 0.3) is 22.6 Å². The van der Waals surface area contributed by atoms with E-state index in [1.807, 2.05) is 26.0 Å². The lowest BCUT2D eigenvalue weighted by Gasteiger charge is -2.16. The number of hydrogen-bond acceptors (Lipinski definition) is 5. The van der Waals surface area contributed by atoms with Crippen LogP contribution in [0.1, 0.15) is 20.8 Å². The maximum absolute atomic E-state index is 12.5. The average molecular weight is 458 g/mol. The number of oxazole rings is 1. The molecule has 0 saturated heterocycles. The number of fused-ring (bicyclic) bond motifs is 1. The Kier molecular flexibility index (Phi) is 7.50. The molecular weight excluding hydrogens is 437 g/mol.